The summed E-state index contributed by atoms with van der Waals surface area (Å²) in [5.74, 6) is 0.591. The minimum atomic E-state index is -0.0743. The molecule has 2 heterocycles. The monoisotopic (exact) mass is 499 g/mol. The van der Waals surface area contributed by atoms with E-state index in [4.69, 9.17) is 28.3 Å². The van der Waals surface area contributed by atoms with Crippen molar-refractivity contribution >= 4 is 40.4 Å². The zero-order valence-electron chi connectivity index (χ0n) is 19.3. The number of benzene rings is 1. The van der Waals surface area contributed by atoms with E-state index < -0.39 is 0 Å². The molecule has 7 heteroatoms. The van der Waals surface area contributed by atoms with Crippen LogP contribution in [0.1, 0.15) is 66.5 Å². The third-order valence-corrected chi connectivity index (χ3v) is 10.1. The molecule has 2 aromatic heterocycles. The molecule has 2 fully saturated rings. The third-order valence-electron chi connectivity index (χ3n) is 8.51. The normalized spacial score (nSPS) is 26.5. The first kappa shape index (κ1) is 21.7. The number of rotatable bonds is 3. The lowest BCUT2D eigenvalue weighted by Gasteiger charge is -2.43. The highest BCUT2D eigenvalue weighted by Gasteiger charge is 2.59. The van der Waals surface area contributed by atoms with Gasteiger partial charge in [-0.15, -0.1) is 11.3 Å². The van der Waals surface area contributed by atoms with Gasteiger partial charge in [0.1, 0.15) is 0 Å². The van der Waals surface area contributed by atoms with E-state index in [1.165, 1.54) is 35.3 Å². The number of hydrogen-bond acceptors (Lipinski definition) is 3. The molecule has 2 bridgehead atoms. The van der Waals surface area contributed by atoms with Crippen molar-refractivity contribution in [1.29, 1.82) is 0 Å². The fourth-order valence-corrected chi connectivity index (χ4v) is 8.38. The standard InChI is InChI=1S/C26H27Cl2N3OS/c1-13-12-33-19-10-16-21(23(32)29-24-25(2,3)14-7-8-26(24,4)11-14)30-31(22(16)20(13)19)18-6-5-15(27)9-17(18)28/h5-6,9,12,14,24H,7-8,10-11H2,1-4H3,(H,29,32)/t14?,24?,26-/m0/s1. The van der Waals surface area contributed by atoms with Crippen LogP contribution in [0.25, 0.3) is 16.9 Å². The molecule has 3 aromatic rings. The van der Waals surface area contributed by atoms with Gasteiger partial charge in [0, 0.05) is 33.5 Å². The van der Waals surface area contributed by atoms with Crippen LogP contribution in [0.5, 0.6) is 0 Å². The van der Waals surface area contributed by atoms with Crippen LogP contribution in [-0.4, -0.2) is 21.7 Å². The molecule has 3 aliphatic carbocycles. The van der Waals surface area contributed by atoms with Gasteiger partial charge in [0.25, 0.3) is 5.91 Å². The molecule has 33 heavy (non-hydrogen) atoms. The lowest BCUT2D eigenvalue weighted by molar-refractivity contribution is 0.0732. The minimum absolute atomic E-state index is 0.0743. The van der Waals surface area contributed by atoms with Crippen molar-refractivity contribution in [3.8, 4) is 16.9 Å². The maximum Gasteiger partial charge on any atom is 0.272 e. The lowest BCUT2D eigenvalue weighted by atomic mass is 9.68. The van der Waals surface area contributed by atoms with Gasteiger partial charge in [-0.1, -0.05) is 44.0 Å². The van der Waals surface area contributed by atoms with Crippen molar-refractivity contribution < 1.29 is 4.79 Å². The number of amides is 1. The van der Waals surface area contributed by atoms with E-state index >= 15 is 0 Å². The second kappa shape index (κ2) is 7.10. The van der Waals surface area contributed by atoms with Crippen molar-refractivity contribution in [2.45, 2.75) is 59.4 Å². The summed E-state index contributed by atoms with van der Waals surface area (Å²) in [5, 5.41) is 11.6. The number of nitrogens with zero attached hydrogens (tertiary/aromatic N) is 2. The summed E-state index contributed by atoms with van der Waals surface area (Å²) < 4.78 is 1.85. The topological polar surface area (TPSA) is 46.9 Å². The molecular weight excluding hydrogens is 473 g/mol. The molecule has 3 aliphatic rings. The number of aromatic nitrogens is 2. The fraction of sp³-hybridized carbons (Fsp3) is 0.462. The van der Waals surface area contributed by atoms with Gasteiger partial charge in [0.15, 0.2) is 5.69 Å². The predicted octanol–water partition coefficient (Wildman–Crippen LogP) is 7.06. The maximum atomic E-state index is 13.8. The Morgan fingerprint density at radius 1 is 1.27 bits per heavy atom. The Balaban J connectivity index is 1.45. The fourth-order valence-electron chi connectivity index (χ4n) is 6.85. The predicted molar refractivity (Wildman–Crippen MR) is 135 cm³/mol. The number of carbonyl (C=O) groups is 1. The second-order valence-corrected chi connectivity index (χ2v) is 12.7. The summed E-state index contributed by atoms with van der Waals surface area (Å²) in [7, 11) is 0. The zero-order valence-corrected chi connectivity index (χ0v) is 21.6. The Kier molecular flexibility index (Phi) is 4.66. The average Bonchev–Trinajstić information content (AvgIpc) is 3.50. The second-order valence-electron chi connectivity index (χ2n) is 10.9. The Labute approximate surface area is 208 Å². The van der Waals surface area contributed by atoms with Crippen molar-refractivity contribution in [1.82, 2.24) is 15.1 Å². The van der Waals surface area contributed by atoms with Crippen LogP contribution in [0.3, 0.4) is 0 Å². The van der Waals surface area contributed by atoms with Gasteiger partial charge in [-0.25, -0.2) is 4.68 Å². The molecule has 1 amide bonds. The van der Waals surface area contributed by atoms with E-state index in [9.17, 15) is 4.79 Å². The van der Waals surface area contributed by atoms with Crippen LogP contribution in [0, 0.1) is 23.7 Å². The summed E-state index contributed by atoms with van der Waals surface area (Å²) >= 11 is 14.5. The van der Waals surface area contributed by atoms with Gasteiger partial charge in [0.05, 0.1) is 16.4 Å². The van der Waals surface area contributed by atoms with Crippen LogP contribution >= 0.6 is 34.5 Å². The maximum absolute atomic E-state index is 13.8. The molecule has 0 aliphatic heterocycles. The van der Waals surface area contributed by atoms with E-state index in [-0.39, 0.29) is 22.8 Å². The molecule has 2 unspecified atom stereocenters. The van der Waals surface area contributed by atoms with Crippen molar-refractivity contribution in [3.63, 3.8) is 0 Å². The van der Waals surface area contributed by atoms with Gasteiger partial charge >= 0.3 is 0 Å². The number of fused-ring (bicyclic) bond motifs is 5. The molecule has 4 nitrogen and oxygen atoms in total. The largest absolute Gasteiger partial charge is 0.347 e. The third kappa shape index (κ3) is 3.01. The van der Waals surface area contributed by atoms with Crippen LogP contribution in [-0.2, 0) is 6.42 Å². The van der Waals surface area contributed by atoms with Gasteiger partial charge in [-0.05, 0) is 72.1 Å². The molecule has 0 saturated heterocycles. The van der Waals surface area contributed by atoms with Crippen LogP contribution in [0.2, 0.25) is 10.0 Å². The summed E-state index contributed by atoms with van der Waals surface area (Å²) in [6.07, 6.45) is 4.35. The first-order chi connectivity index (χ1) is 15.6. The first-order valence-corrected chi connectivity index (χ1v) is 13.2. The summed E-state index contributed by atoms with van der Waals surface area (Å²) in [5.41, 5.74) is 5.86. The smallest absolute Gasteiger partial charge is 0.272 e. The molecular formula is C26H27Cl2N3OS. The highest BCUT2D eigenvalue weighted by Crippen LogP contribution is 2.62. The minimum Gasteiger partial charge on any atom is -0.347 e. The highest BCUT2D eigenvalue weighted by molar-refractivity contribution is 7.10. The molecule has 0 spiro atoms. The SMILES string of the molecule is Cc1csc2c1-c1c(c(C(=O)NC3C(C)(C)C4CC[C@@]3(C)C4)nn1-c1ccc(Cl)cc1Cl)C2. The van der Waals surface area contributed by atoms with Crippen LogP contribution in [0.15, 0.2) is 23.6 Å². The lowest BCUT2D eigenvalue weighted by Crippen LogP contribution is -2.52. The number of aryl methyl sites for hydroxylation is 1. The van der Waals surface area contributed by atoms with Crippen molar-refractivity contribution in [3.05, 3.63) is 55.3 Å². The van der Waals surface area contributed by atoms with Gasteiger partial charge in [-0.3, -0.25) is 4.79 Å². The summed E-state index contributed by atoms with van der Waals surface area (Å²) in [4.78, 5) is 15.0. The first-order valence-electron chi connectivity index (χ1n) is 11.6. The van der Waals surface area contributed by atoms with Gasteiger partial charge in [-0.2, -0.15) is 5.10 Å². The van der Waals surface area contributed by atoms with E-state index in [1.807, 2.05) is 16.8 Å². The number of nitrogens with one attached hydrogen (secondary N) is 1. The molecule has 3 atom stereocenters. The zero-order chi connectivity index (χ0) is 23.3. The Bertz CT molecular complexity index is 1320. The molecule has 1 aromatic carbocycles. The van der Waals surface area contributed by atoms with Gasteiger partial charge < -0.3 is 5.32 Å². The number of carbonyl (C=O) groups excluding carboxylic acids is 1. The van der Waals surface area contributed by atoms with E-state index in [0.717, 1.165) is 23.4 Å². The summed E-state index contributed by atoms with van der Waals surface area (Å²) in [6, 6.07) is 5.56. The Morgan fingerprint density at radius 3 is 2.76 bits per heavy atom. The number of thiophene rings is 1. The van der Waals surface area contributed by atoms with Crippen LogP contribution < -0.4 is 5.32 Å². The van der Waals surface area contributed by atoms with Gasteiger partial charge in [0.2, 0.25) is 0 Å². The van der Waals surface area contributed by atoms with Crippen LogP contribution in [0.4, 0.5) is 0 Å². The van der Waals surface area contributed by atoms with E-state index in [0.29, 0.717) is 21.7 Å². The molecule has 1 N–H and O–H groups in total. The number of halogens is 2. The quantitative estimate of drug-likeness (QED) is 0.327. The number of hydrogen-bond donors (Lipinski definition) is 1. The Hall–Kier alpha value is -1.82. The van der Waals surface area contributed by atoms with Crippen molar-refractivity contribution in [2.75, 3.05) is 0 Å². The molecule has 0 radical (unpaired) electrons. The molecule has 6 rings (SSSR count). The highest BCUT2D eigenvalue weighted by atomic mass is 35.5. The Morgan fingerprint density at radius 2 is 2.06 bits per heavy atom. The van der Waals surface area contributed by atoms with E-state index in [2.05, 4.69) is 38.4 Å². The van der Waals surface area contributed by atoms with E-state index in [1.54, 1.807) is 17.4 Å². The average molecular weight is 500 g/mol. The van der Waals surface area contributed by atoms with Crippen molar-refractivity contribution in [2.24, 2.45) is 16.7 Å². The molecule has 2 saturated carbocycles. The molecule has 172 valence electrons. The summed E-state index contributed by atoms with van der Waals surface area (Å²) in [6.45, 7) is 9.07.